The van der Waals surface area contributed by atoms with E-state index in [2.05, 4.69) is 26.6 Å². The Kier molecular flexibility index (Phi) is 9.11. The number of nitrogens with two attached hydrogens (primary N) is 1. The lowest BCUT2D eigenvalue weighted by molar-refractivity contribution is -0.111. The van der Waals surface area contributed by atoms with Crippen molar-refractivity contribution in [3.8, 4) is 5.75 Å². The van der Waals surface area contributed by atoms with Gasteiger partial charge in [0, 0.05) is 20.8 Å². The van der Waals surface area contributed by atoms with Crippen LogP contribution in [0.15, 0.2) is 102 Å². The van der Waals surface area contributed by atoms with Crippen LogP contribution < -0.4 is 16.4 Å². The topological polar surface area (TPSA) is 114 Å². The van der Waals surface area contributed by atoms with Gasteiger partial charge in [0.1, 0.15) is 11.9 Å². The fourth-order valence-corrected chi connectivity index (χ4v) is 4.90. The molecule has 4 aromatic rings. The number of para-hydroxylation sites is 2. The Labute approximate surface area is 242 Å². The van der Waals surface area contributed by atoms with Crippen molar-refractivity contribution < 1.29 is 19.4 Å². The molecule has 0 fully saturated rings. The third-order valence-corrected chi connectivity index (χ3v) is 7.17. The zero-order valence-electron chi connectivity index (χ0n) is 22.4. The number of phenolic OH excluding ortho intramolecular Hbond substituents is 1. The molecule has 0 saturated carbocycles. The fraction of sp³-hybridized carbons (Fsp3) is 0.188. The molecule has 8 heteroatoms. The first-order valence-corrected chi connectivity index (χ1v) is 13.7. The molecule has 0 bridgehead atoms. The largest absolute Gasteiger partial charge is 0.508 e. The van der Waals surface area contributed by atoms with Gasteiger partial charge >= 0.3 is 6.09 Å². The van der Waals surface area contributed by atoms with E-state index in [-0.39, 0.29) is 11.7 Å². The van der Waals surface area contributed by atoms with Crippen molar-refractivity contribution in [3.05, 3.63) is 107 Å². The highest BCUT2D eigenvalue weighted by Gasteiger charge is 2.35. The molecule has 206 valence electrons. The second-order valence-electron chi connectivity index (χ2n) is 10.1. The summed E-state index contributed by atoms with van der Waals surface area (Å²) in [6.07, 6.45) is 2.90. The number of nitrogen functional groups attached to an aromatic ring is 1. The lowest BCUT2D eigenvalue weighted by Crippen LogP contribution is -2.29. The van der Waals surface area contributed by atoms with Gasteiger partial charge in [-0.2, -0.15) is 0 Å². The second kappa shape index (κ2) is 12.7. The Morgan fingerprint density at radius 3 is 2.48 bits per heavy atom. The first-order valence-electron chi connectivity index (χ1n) is 12.9. The number of anilines is 3. The summed E-state index contributed by atoms with van der Waals surface area (Å²) in [5.41, 5.74) is 7.43. The molecule has 0 aliphatic heterocycles. The number of hydrogen-bond acceptors (Lipinski definition) is 5. The van der Waals surface area contributed by atoms with Gasteiger partial charge in [-0.15, -0.1) is 0 Å². The lowest BCUT2D eigenvalue weighted by Gasteiger charge is -2.34. The van der Waals surface area contributed by atoms with Gasteiger partial charge in [0.05, 0.1) is 17.1 Å². The number of rotatable bonds is 9. The van der Waals surface area contributed by atoms with E-state index in [9.17, 15) is 14.7 Å². The highest BCUT2D eigenvalue weighted by molar-refractivity contribution is 9.10. The first-order chi connectivity index (χ1) is 19.1. The summed E-state index contributed by atoms with van der Waals surface area (Å²) in [6.45, 7) is 3.92. The van der Waals surface area contributed by atoms with Crippen LogP contribution in [0.4, 0.5) is 21.9 Å². The van der Waals surface area contributed by atoms with E-state index in [1.165, 1.54) is 6.08 Å². The number of ether oxygens (including phenoxy) is 1. The van der Waals surface area contributed by atoms with Crippen LogP contribution >= 0.6 is 15.9 Å². The number of hydrogen-bond donors (Lipinski definition) is 4. The quantitative estimate of drug-likeness (QED) is 0.114. The monoisotopic (exact) mass is 601 g/mol. The van der Waals surface area contributed by atoms with Crippen molar-refractivity contribution in [2.75, 3.05) is 16.4 Å². The minimum Gasteiger partial charge on any atom is -0.508 e. The molecule has 7 nitrogen and oxygen atoms in total. The van der Waals surface area contributed by atoms with Crippen LogP contribution in [0.2, 0.25) is 0 Å². The van der Waals surface area contributed by atoms with E-state index in [4.69, 9.17) is 10.5 Å². The maximum absolute atomic E-state index is 13.2. The van der Waals surface area contributed by atoms with E-state index < -0.39 is 17.6 Å². The van der Waals surface area contributed by atoms with E-state index >= 15 is 0 Å². The summed E-state index contributed by atoms with van der Waals surface area (Å²) in [5, 5.41) is 18.2. The molecule has 0 aliphatic carbocycles. The van der Waals surface area contributed by atoms with Gasteiger partial charge in [0.25, 0.3) is 0 Å². The summed E-state index contributed by atoms with van der Waals surface area (Å²) in [7, 11) is 0. The standard InChI is InChI=1S/C32H32BrN3O4/c1-32(2,19-8-7-16-29(38)35-27-14-6-5-13-25(27)34)30(24-20-22(33)17-18-28(24)37)40-31(39)36-26-15-9-11-21-10-3-4-12-23(21)26/h3-7,9-18,20,30,37H,8,19,34H2,1-2H3,(H,35,38)(H,36,39)/b16-7+/t30-/m0/s1. The van der Waals surface area contributed by atoms with Crippen LogP contribution in [-0.2, 0) is 9.53 Å². The minimum absolute atomic E-state index is 0.0228. The van der Waals surface area contributed by atoms with Crippen molar-refractivity contribution >= 4 is 55.8 Å². The Morgan fingerprint density at radius 1 is 0.975 bits per heavy atom. The molecule has 0 aromatic heterocycles. The zero-order chi connectivity index (χ0) is 28.7. The van der Waals surface area contributed by atoms with E-state index in [1.54, 1.807) is 48.5 Å². The molecule has 40 heavy (non-hydrogen) atoms. The number of carbonyl (C=O) groups excluding carboxylic acids is 2. The van der Waals surface area contributed by atoms with Gasteiger partial charge in [-0.25, -0.2) is 4.79 Å². The first kappa shape index (κ1) is 28.7. The summed E-state index contributed by atoms with van der Waals surface area (Å²) in [5.74, 6) is -0.266. The average molecular weight is 603 g/mol. The van der Waals surface area contributed by atoms with Crippen molar-refractivity contribution in [1.29, 1.82) is 0 Å². The normalized spacial score (nSPS) is 12.3. The van der Waals surface area contributed by atoms with Crippen LogP contribution in [-0.4, -0.2) is 17.1 Å². The molecule has 5 N–H and O–H groups in total. The van der Waals surface area contributed by atoms with Crippen LogP contribution in [0, 0.1) is 5.41 Å². The Bertz CT molecular complexity index is 1550. The van der Waals surface area contributed by atoms with Crippen molar-refractivity contribution in [3.63, 3.8) is 0 Å². The molecule has 0 heterocycles. The van der Waals surface area contributed by atoms with Crippen molar-refractivity contribution in [2.24, 2.45) is 5.41 Å². The van der Waals surface area contributed by atoms with E-state index in [0.717, 1.165) is 15.2 Å². The predicted molar refractivity (Wildman–Crippen MR) is 164 cm³/mol. The highest BCUT2D eigenvalue weighted by atomic mass is 79.9. The molecule has 2 amide bonds. The van der Waals surface area contributed by atoms with Crippen LogP contribution in [0.1, 0.15) is 38.4 Å². The Balaban J connectivity index is 1.49. The summed E-state index contributed by atoms with van der Waals surface area (Å²) >= 11 is 3.46. The number of phenols is 1. The molecule has 4 aromatic carbocycles. The fourth-order valence-electron chi connectivity index (χ4n) is 4.52. The predicted octanol–water partition coefficient (Wildman–Crippen LogP) is 8.18. The summed E-state index contributed by atoms with van der Waals surface area (Å²) in [4.78, 5) is 25.6. The molecule has 0 aliphatic rings. The van der Waals surface area contributed by atoms with Crippen LogP contribution in [0.5, 0.6) is 5.75 Å². The molecule has 4 rings (SSSR count). The molecule has 0 unspecified atom stereocenters. The number of halogens is 1. The summed E-state index contributed by atoms with van der Waals surface area (Å²) in [6, 6.07) is 25.5. The van der Waals surface area contributed by atoms with Gasteiger partial charge in [0.2, 0.25) is 5.91 Å². The van der Waals surface area contributed by atoms with Gasteiger partial charge in [-0.3, -0.25) is 10.1 Å². The maximum Gasteiger partial charge on any atom is 0.412 e. The zero-order valence-corrected chi connectivity index (χ0v) is 23.9. The van der Waals surface area contributed by atoms with E-state index in [1.807, 2.05) is 56.3 Å². The Hall–Kier alpha value is -4.30. The highest BCUT2D eigenvalue weighted by Crippen LogP contribution is 2.44. The van der Waals surface area contributed by atoms with Gasteiger partial charge in [0.15, 0.2) is 0 Å². The number of carbonyl (C=O) groups is 2. The van der Waals surface area contributed by atoms with Gasteiger partial charge in [-0.1, -0.05) is 84.4 Å². The molecule has 0 spiro atoms. The SMILES string of the molecule is CC(C)(CC/C=C/C(=O)Nc1ccccc1N)[C@@H](OC(=O)Nc1cccc2ccccc12)c1cc(Br)ccc1O. The average Bonchev–Trinajstić information content (AvgIpc) is 2.93. The third kappa shape index (κ3) is 7.21. The second-order valence-corrected chi connectivity index (χ2v) is 11.1. The molecule has 0 radical (unpaired) electrons. The smallest absolute Gasteiger partial charge is 0.412 e. The number of amides is 2. The maximum atomic E-state index is 13.2. The molecular weight excluding hydrogens is 570 g/mol. The number of aromatic hydroxyl groups is 1. The summed E-state index contributed by atoms with van der Waals surface area (Å²) < 4.78 is 6.76. The number of fused-ring (bicyclic) bond motifs is 1. The van der Waals surface area contributed by atoms with Crippen LogP contribution in [0.25, 0.3) is 10.8 Å². The van der Waals surface area contributed by atoms with Gasteiger partial charge < -0.3 is 20.9 Å². The van der Waals surface area contributed by atoms with Crippen LogP contribution in [0.3, 0.4) is 0 Å². The van der Waals surface area contributed by atoms with E-state index in [0.29, 0.717) is 35.5 Å². The van der Waals surface area contributed by atoms with Crippen molar-refractivity contribution in [2.45, 2.75) is 32.8 Å². The third-order valence-electron chi connectivity index (χ3n) is 6.68. The molecule has 0 saturated heterocycles. The minimum atomic E-state index is -0.786. The van der Waals surface area contributed by atoms with Crippen molar-refractivity contribution in [1.82, 2.24) is 0 Å². The number of nitrogens with one attached hydrogen (secondary N) is 2. The molecular formula is C32H32BrN3O4. The van der Waals surface area contributed by atoms with Gasteiger partial charge in [-0.05, 0) is 60.7 Å². The number of benzene rings is 4. The lowest BCUT2D eigenvalue weighted by atomic mass is 9.78. The molecule has 1 atom stereocenters. The number of allylic oxidation sites excluding steroid dienone is 1. The Morgan fingerprint density at radius 2 is 1.68 bits per heavy atom.